The van der Waals surface area contributed by atoms with Crippen molar-refractivity contribution in [3.63, 3.8) is 0 Å². The van der Waals surface area contributed by atoms with Gasteiger partial charge >= 0.3 is 0 Å². The maximum atomic E-state index is 13.2. The molecule has 4 rings (SSSR count). The Kier molecular flexibility index (Phi) is 7.68. The van der Waals surface area contributed by atoms with E-state index in [4.69, 9.17) is 16.7 Å². The summed E-state index contributed by atoms with van der Waals surface area (Å²) < 4.78 is 1.64. The minimum atomic E-state index is -0.259. The Bertz CT molecular complexity index is 1140. The van der Waals surface area contributed by atoms with Crippen LogP contribution in [0.4, 0.5) is 5.82 Å². The van der Waals surface area contributed by atoms with E-state index < -0.39 is 0 Å². The summed E-state index contributed by atoms with van der Waals surface area (Å²) in [6.45, 7) is 3.91. The fourth-order valence-corrected chi connectivity index (χ4v) is 4.68. The first kappa shape index (κ1) is 24.0. The van der Waals surface area contributed by atoms with Crippen molar-refractivity contribution in [2.45, 2.75) is 52.0 Å². The van der Waals surface area contributed by atoms with Crippen LogP contribution in [0.2, 0.25) is 5.02 Å². The standard InChI is InChI=1S/C27H31ClN4O2/c1-19(2)31(27(34)21-13-7-4-8-14-21)18-26(33)29-25-17-23(20-11-5-3-6-12-20)30-32(25)24-16-10-9-15-22(24)28/h3,5-6,9-12,15-17,19,21H,4,7-8,13-14,18H2,1-2H3,(H,29,33). The second kappa shape index (κ2) is 10.9. The van der Waals surface area contributed by atoms with Gasteiger partial charge in [0, 0.05) is 23.6 Å². The van der Waals surface area contributed by atoms with Gasteiger partial charge in [0.15, 0.2) is 0 Å². The summed E-state index contributed by atoms with van der Waals surface area (Å²) in [6, 6.07) is 18.9. The molecule has 1 aliphatic rings. The van der Waals surface area contributed by atoms with Crippen molar-refractivity contribution in [1.82, 2.24) is 14.7 Å². The molecule has 2 aromatic carbocycles. The van der Waals surface area contributed by atoms with Gasteiger partial charge in [0.2, 0.25) is 11.8 Å². The molecular formula is C27H31ClN4O2. The maximum absolute atomic E-state index is 13.2. The molecule has 178 valence electrons. The van der Waals surface area contributed by atoms with Gasteiger partial charge in [-0.15, -0.1) is 0 Å². The van der Waals surface area contributed by atoms with Gasteiger partial charge in [-0.1, -0.05) is 73.3 Å². The molecule has 1 aliphatic carbocycles. The Morgan fingerprint density at radius 2 is 1.74 bits per heavy atom. The first-order valence-corrected chi connectivity index (χ1v) is 12.3. The van der Waals surface area contributed by atoms with Gasteiger partial charge in [0.05, 0.1) is 16.4 Å². The van der Waals surface area contributed by atoms with Crippen LogP contribution < -0.4 is 5.32 Å². The van der Waals surface area contributed by atoms with E-state index in [0.717, 1.165) is 36.9 Å². The molecule has 3 aromatic rings. The molecule has 7 heteroatoms. The number of halogens is 1. The minimum Gasteiger partial charge on any atom is -0.331 e. The number of hydrogen-bond acceptors (Lipinski definition) is 3. The van der Waals surface area contributed by atoms with Gasteiger partial charge in [0.1, 0.15) is 12.4 Å². The summed E-state index contributed by atoms with van der Waals surface area (Å²) in [5.41, 5.74) is 2.32. The zero-order chi connectivity index (χ0) is 24.1. The molecule has 0 atom stereocenters. The number of rotatable bonds is 7. The summed E-state index contributed by atoms with van der Waals surface area (Å²) in [7, 11) is 0. The van der Waals surface area contributed by atoms with E-state index in [1.54, 1.807) is 15.6 Å². The summed E-state index contributed by atoms with van der Waals surface area (Å²) >= 11 is 6.45. The molecule has 0 radical (unpaired) electrons. The lowest BCUT2D eigenvalue weighted by atomic mass is 9.88. The quantitative estimate of drug-likeness (QED) is 0.456. The molecule has 34 heavy (non-hydrogen) atoms. The lowest BCUT2D eigenvalue weighted by Crippen LogP contribution is -2.45. The number of carbonyl (C=O) groups excluding carboxylic acids is 2. The van der Waals surface area contributed by atoms with E-state index in [2.05, 4.69) is 5.32 Å². The van der Waals surface area contributed by atoms with Gasteiger partial charge in [-0.3, -0.25) is 9.59 Å². The second-order valence-corrected chi connectivity index (χ2v) is 9.49. The Morgan fingerprint density at radius 3 is 2.41 bits per heavy atom. The zero-order valence-corrected chi connectivity index (χ0v) is 20.5. The second-order valence-electron chi connectivity index (χ2n) is 9.09. The molecule has 1 fully saturated rings. The summed E-state index contributed by atoms with van der Waals surface area (Å²) in [4.78, 5) is 28.0. The molecule has 0 bridgehead atoms. The predicted molar refractivity (Wildman–Crippen MR) is 136 cm³/mol. The molecular weight excluding hydrogens is 448 g/mol. The number of amides is 2. The van der Waals surface area contributed by atoms with E-state index in [-0.39, 0.29) is 30.3 Å². The molecule has 6 nitrogen and oxygen atoms in total. The predicted octanol–water partition coefficient (Wildman–Crippen LogP) is 5.95. The molecule has 1 heterocycles. The normalized spacial score (nSPS) is 14.2. The highest BCUT2D eigenvalue weighted by molar-refractivity contribution is 6.32. The number of nitrogens with zero attached hydrogens (tertiary/aromatic N) is 3. The molecule has 2 amide bonds. The third-order valence-electron chi connectivity index (χ3n) is 6.30. The Balaban J connectivity index is 1.59. The molecule has 1 N–H and O–H groups in total. The number of aromatic nitrogens is 2. The van der Waals surface area contributed by atoms with Crippen molar-refractivity contribution in [2.24, 2.45) is 5.92 Å². The van der Waals surface area contributed by atoms with Crippen molar-refractivity contribution in [3.05, 3.63) is 65.7 Å². The van der Waals surface area contributed by atoms with Crippen LogP contribution in [-0.2, 0) is 9.59 Å². The van der Waals surface area contributed by atoms with E-state index in [0.29, 0.717) is 16.5 Å². The van der Waals surface area contributed by atoms with Gasteiger partial charge in [-0.25, -0.2) is 4.68 Å². The largest absolute Gasteiger partial charge is 0.331 e. The van der Waals surface area contributed by atoms with Gasteiger partial charge < -0.3 is 10.2 Å². The van der Waals surface area contributed by atoms with Gasteiger partial charge in [-0.05, 0) is 38.8 Å². The minimum absolute atomic E-state index is 0.00136. The highest BCUT2D eigenvalue weighted by Gasteiger charge is 2.29. The van der Waals surface area contributed by atoms with Crippen LogP contribution in [0.5, 0.6) is 0 Å². The number of anilines is 1. The average molecular weight is 479 g/mol. The molecule has 1 saturated carbocycles. The lowest BCUT2D eigenvalue weighted by Gasteiger charge is -2.31. The van der Waals surface area contributed by atoms with E-state index in [1.807, 2.05) is 68.4 Å². The van der Waals surface area contributed by atoms with Crippen molar-refractivity contribution < 1.29 is 9.59 Å². The SMILES string of the molecule is CC(C)N(CC(=O)Nc1cc(-c2ccccc2)nn1-c1ccccc1Cl)C(=O)C1CCCCC1. The third kappa shape index (κ3) is 5.50. The summed E-state index contributed by atoms with van der Waals surface area (Å²) in [5, 5.41) is 8.23. The van der Waals surface area contributed by atoms with Crippen LogP contribution in [0.15, 0.2) is 60.7 Å². The summed E-state index contributed by atoms with van der Waals surface area (Å²) in [5.74, 6) is 0.341. The Morgan fingerprint density at radius 1 is 1.06 bits per heavy atom. The molecule has 0 aliphatic heterocycles. The van der Waals surface area contributed by atoms with Crippen LogP contribution >= 0.6 is 11.6 Å². The van der Waals surface area contributed by atoms with E-state index in [1.165, 1.54) is 6.42 Å². The van der Waals surface area contributed by atoms with Crippen molar-refractivity contribution in [1.29, 1.82) is 0 Å². The van der Waals surface area contributed by atoms with Crippen molar-refractivity contribution in [3.8, 4) is 16.9 Å². The first-order valence-electron chi connectivity index (χ1n) is 11.9. The third-order valence-corrected chi connectivity index (χ3v) is 6.62. The zero-order valence-electron chi connectivity index (χ0n) is 19.7. The number of para-hydroxylation sites is 1. The molecule has 1 aromatic heterocycles. The summed E-state index contributed by atoms with van der Waals surface area (Å²) in [6.07, 6.45) is 5.15. The van der Waals surface area contributed by atoms with E-state index >= 15 is 0 Å². The fraction of sp³-hybridized carbons (Fsp3) is 0.370. The number of hydrogen-bond donors (Lipinski definition) is 1. The average Bonchev–Trinajstić information content (AvgIpc) is 3.26. The smallest absolute Gasteiger partial charge is 0.245 e. The van der Waals surface area contributed by atoms with Crippen molar-refractivity contribution in [2.75, 3.05) is 11.9 Å². The highest BCUT2D eigenvalue weighted by Crippen LogP contribution is 2.29. The van der Waals surface area contributed by atoms with Crippen LogP contribution in [0.1, 0.15) is 46.0 Å². The fourth-order valence-electron chi connectivity index (χ4n) is 4.46. The first-order chi connectivity index (χ1) is 16.4. The number of benzene rings is 2. The maximum Gasteiger partial charge on any atom is 0.245 e. The number of nitrogens with one attached hydrogen (secondary N) is 1. The topological polar surface area (TPSA) is 67.2 Å². The molecule has 0 spiro atoms. The van der Waals surface area contributed by atoms with Crippen LogP contribution in [0.3, 0.4) is 0 Å². The van der Waals surface area contributed by atoms with Crippen LogP contribution in [0, 0.1) is 5.92 Å². The van der Waals surface area contributed by atoms with Gasteiger partial charge in [0.25, 0.3) is 0 Å². The van der Waals surface area contributed by atoms with Gasteiger partial charge in [-0.2, -0.15) is 5.10 Å². The highest BCUT2D eigenvalue weighted by atomic mass is 35.5. The van der Waals surface area contributed by atoms with Crippen molar-refractivity contribution >= 4 is 29.2 Å². The monoisotopic (exact) mass is 478 g/mol. The molecule has 0 saturated heterocycles. The molecule has 0 unspecified atom stereocenters. The Hall–Kier alpha value is -3.12. The van der Waals surface area contributed by atoms with Crippen LogP contribution in [-0.4, -0.2) is 39.1 Å². The van der Waals surface area contributed by atoms with E-state index in [9.17, 15) is 9.59 Å². The van der Waals surface area contributed by atoms with Crippen LogP contribution in [0.25, 0.3) is 16.9 Å². The lowest BCUT2D eigenvalue weighted by molar-refractivity contribution is -0.141. The Labute approximate surface area is 205 Å². The number of carbonyl (C=O) groups is 2.